The van der Waals surface area contributed by atoms with E-state index in [-0.39, 0.29) is 49.1 Å². The number of halogens is 2. The third-order valence-electron chi connectivity index (χ3n) is 8.32. The maximum atomic E-state index is 14.2. The second-order valence-electron chi connectivity index (χ2n) is 11.7. The molecule has 0 unspecified atom stereocenters. The summed E-state index contributed by atoms with van der Waals surface area (Å²) in [5.41, 5.74) is 2.58. The van der Waals surface area contributed by atoms with E-state index in [0.29, 0.717) is 49.5 Å². The molecule has 0 saturated heterocycles. The number of carbonyl (C=O) groups excluding carboxylic acids is 2. The fourth-order valence-corrected chi connectivity index (χ4v) is 6.18. The molecular formula is C34H30BrClN6O5. The van der Waals surface area contributed by atoms with Crippen LogP contribution in [-0.2, 0) is 19.6 Å². The van der Waals surface area contributed by atoms with Gasteiger partial charge in [-0.1, -0.05) is 29.8 Å². The zero-order valence-corrected chi connectivity index (χ0v) is 27.9. The number of aromatic nitrogens is 4. The summed E-state index contributed by atoms with van der Waals surface area (Å²) >= 11 is 9.68. The molecule has 2 aromatic heterocycles. The summed E-state index contributed by atoms with van der Waals surface area (Å²) < 4.78 is 15.2. The highest BCUT2D eigenvalue weighted by molar-refractivity contribution is 9.10. The standard InChI is InChI=1S/C34H30BrClN6O5/c1-19-17-41-29(18-40(19)33(44)21-7-14-27(35)28(36)15-21)30(42(34(41)45)23-8-10-24(11-9-23)47-25-12-13-25)31(43)37-16-22-5-3-4-6-26(22)32-39-38-20(2)46-32/h3-11,14-15,19,25H,12-13,16-18H2,1-2H3,(H,37,43)/t19-/m0/s1. The number of hydrogen-bond donors (Lipinski definition) is 1. The van der Waals surface area contributed by atoms with Crippen LogP contribution >= 0.6 is 27.5 Å². The van der Waals surface area contributed by atoms with Gasteiger partial charge in [0, 0.05) is 41.7 Å². The SMILES string of the molecule is Cc1nnc(-c2ccccc2CNC(=O)c2c3n(c(=O)n2-c2ccc(OC4CC4)cc2)C[C@H](C)N(C(=O)c2ccc(Br)c(Cl)c2)C3)o1. The molecule has 11 nitrogen and oxygen atoms in total. The maximum absolute atomic E-state index is 14.2. The van der Waals surface area contributed by atoms with Crippen molar-refractivity contribution >= 4 is 39.3 Å². The van der Waals surface area contributed by atoms with Crippen molar-refractivity contribution < 1.29 is 18.7 Å². The minimum atomic E-state index is -0.473. The predicted molar refractivity (Wildman–Crippen MR) is 178 cm³/mol. The van der Waals surface area contributed by atoms with Crippen LogP contribution in [0.3, 0.4) is 0 Å². The van der Waals surface area contributed by atoms with Gasteiger partial charge in [0.15, 0.2) is 0 Å². The third-order valence-corrected chi connectivity index (χ3v) is 9.55. The Morgan fingerprint density at radius 3 is 2.55 bits per heavy atom. The molecule has 1 fully saturated rings. The molecular weight excluding hydrogens is 688 g/mol. The van der Waals surface area contributed by atoms with Crippen molar-refractivity contribution in [3.63, 3.8) is 0 Å². The number of amides is 2. The average molecular weight is 718 g/mol. The topological polar surface area (TPSA) is 124 Å². The Morgan fingerprint density at radius 1 is 1.09 bits per heavy atom. The Balaban J connectivity index is 1.26. The molecule has 0 bridgehead atoms. The molecule has 1 saturated carbocycles. The number of aryl methyl sites for hydroxylation is 1. The van der Waals surface area contributed by atoms with Crippen LogP contribution in [0.15, 0.2) is 80.4 Å². The molecule has 47 heavy (non-hydrogen) atoms. The third kappa shape index (κ3) is 6.10. The van der Waals surface area contributed by atoms with Crippen LogP contribution in [0.5, 0.6) is 5.75 Å². The number of rotatable bonds is 8. The van der Waals surface area contributed by atoms with Gasteiger partial charge >= 0.3 is 5.69 Å². The summed E-state index contributed by atoms with van der Waals surface area (Å²) in [4.78, 5) is 43.7. The monoisotopic (exact) mass is 716 g/mol. The first kappa shape index (κ1) is 30.9. The Labute approximate surface area is 283 Å². The van der Waals surface area contributed by atoms with Crippen molar-refractivity contribution in [2.75, 3.05) is 0 Å². The van der Waals surface area contributed by atoms with Gasteiger partial charge in [0.2, 0.25) is 11.8 Å². The number of nitrogens with zero attached hydrogens (tertiary/aromatic N) is 5. The summed E-state index contributed by atoms with van der Waals surface area (Å²) in [6, 6.07) is 19.2. The average Bonchev–Trinajstić information content (AvgIpc) is 3.71. The van der Waals surface area contributed by atoms with Crippen LogP contribution < -0.4 is 15.7 Å². The summed E-state index contributed by atoms with van der Waals surface area (Å²) in [5.74, 6) is 0.742. The van der Waals surface area contributed by atoms with Crippen LogP contribution in [0.2, 0.25) is 5.02 Å². The molecule has 5 aromatic rings. The highest BCUT2D eigenvalue weighted by Gasteiger charge is 2.35. The lowest BCUT2D eigenvalue weighted by atomic mass is 10.1. The van der Waals surface area contributed by atoms with E-state index in [1.807, 2.05) is 31.2 Å². The lowest BCUT2D eigenvalue weighted by molar-refractivity contribution is 0.0610. The minimum Gasteiger partial charge on any atom is -0.490 e. The molecule has 3 aromatic carbocycles. The van der Waals surface area contributed by atoms with Crippen molar-refractivity contribution in [2.45, 2.75) is 58.5 Å². The second kappa shape index (κ2) is 12.5. The number of carbonyl (C=O) groups is 2. The lowest BCUT2D eigenvalue weighted by Crippen LogP contribution is -2.47. The number of fused-ring (bicyclic) bond motifs is 1. The van der Waals surface area contributed by atoms with E-state index in [9.17, 15) is 14.4 Å². The first-order valence-corrected chi connectivity index (χ1v) is 16.4. The highest BCUT2D eigenvalue weighted by atomic mass is 79.9. The smallest absolute Gasteiger partial charge is 0.333 e. The van der Waals surface area contributed by atoms with E-state index >= 15 is 0 Å². The molecule has 2 amide bonds. The number of benzene rings is 3. The van der Waals surface area contributed by atoms with Gasteiger partial charge in [0.05, 0.1) is 29.1 Å². The maximum Gasteiger partial charge on any atom is 0.333 e. The van der Waals surface area contributed by atoms with Crippen LogP contribution in [0.1, 0.15) is 57.8 Å². The molecule has 1 atom stereocenters. The zero-order chi connectivity index (χ0) is 32.8. The van der Waals surface area contributed by atoms with E-state index in [0.717, 1.165) is 18.4 Å². The number of ether oxygens (including phenoxy) is 1. The molecule has 13 heteroatoms. The van der Waals surface area contributed by atoms with Crippen molar-refractivity contribution in [3.8, 4) is 22.9 Å². The van der Waals surface area contributed by atoms with Gasteiger partial charge in [-0.3, -0.25) is 18.7 Å². The van der Waals surface area contributed by atoms with E-state index in [2.05, 4.69) is 31.4 Å². The number of hydrogen-bond acceptors (Lipinski definition) is 7. The molecule has 1 aliphatic carbocycles. The van der Waals surface area contributed by atoms with E-state index in [1.165, 1.54) is 4.57 Å². The molecule has 1 N–H and O–H groups in total. The summed E-state index contributed by atoms with van der Waals surface area (Å²) in [6.07, 6.45) is 2.26. The van der Waals surface area contributed by atoms with Crippen LogP contribution in [-0.4, -0.2) is 48.2 Å². The normalized spacial score (nSPS) is 15.7. The van der Waals surface area contributed by atoms with Gasteiger partial charge in [-0.25, -0.2) is 4.79 Å². The summed E-state index contributed by atoms with van der Waals surface area (Å²) in [7, 11) is 0. The predicted octanol–water partition coefficient (Wildman–Crippen LogP) is 5.93. The van der Waals surface area contributed by atoms with Gasteiger partial charge in [-0.15, -0.1) is 10.2 Å². The van der Waals surface area contributed by atoms with E-state index < -0.39 is 5.91 Å². The molecule has 1 aliphatic heterocycles. The molecule has 2 aliphatic rings. The van der Waals surface area contributed by atoms with Crippen LogP contribution in [0, 0.1) is 6.92 Å². The summed E-state index contributed by atoms with van der Waals surface area (Å²) in [5, 5.41) is 11.5. The fraction of sp³-hybridized carbons (Fsp3) is 0.265. The molecule has 0 spiro atoms. The largest absolute Gasteiger partial charge is 0.490 e. The van der Waals surface area contributed by atoms with Crippen LogP contribution in [0.25, 0.3) is 17.1 Å². The molecule has 0 radical (unpaired) electrons. The molecule has 240 valence electrons. The minimum absolute atomic E-state index is 0.0411. The first-order valence-electron chi connectivity index (χ1n) is 15.2. The molecule has 3 heterocycles. The second-order valence-corrected chi connectivity index (χ2v) is 13.0. The number of nitrogens with one attached hydrogen (secondary N) is 1. The van der Waals surface area contributed by atoms with Gasteiger partial charge in [0.1, 0.15) is 11.4 Å². The van der Waals surface area contributed by atoms with Gasteiger partial charge < -0.3 is 19.4 Å². The Kier molecular flexibility index (Phi) is 8.23. The Bertz CT molecular complexity index is 2070. The van der Waals surface area contributed by atoms with E-state index in [1.54, 1.807) is 58.9 Å². The zero-order valence-electron chi connectivity index (χ0n) is 25.6. The van der Waals surface area contributed by atoms with E-state index in [4.69, 9.17) is 20.8 Å². The van der Waals surface area contributed by atoms with Crippen molar-refractivity contribution in [1.29, 1.82) is 0 Å². The van der Waals surface area contributed by atoms with Crippen LogP contribution in [0.4, 0.5) is 0 Å². The molecule has 7 rings (SSSR count). The Morgan fingerprint density at radius 2 is 1.85 bits per heavy atom. The summed E-state index contributed by atoms with van der Waals surface area (Å²) in [6.45, 7) is 3.96. The van der Waals surface area contributed by atoms with Gasteiger partial charge in [0.25, 0.3) is 11.8 Å². The quantitative estimate of drug-likeness (QED) is 0.211. The fourth-order valence-electron chi connectivity index (χ4n) is 5.76. The number of imidazole rings is 1. The van der Waals surface area contributed by atoms with Gasteiger partial charge in [-0.05, 0) is 89.8 Å². The van der Waals surface area contributed by atoms with Crippen molar-refractivity contribution in [3.05, 3.63) is 115 Å². The van der Waals surface area contributed by atoms with Crippen molar-refractivity contribution in [2.24, 2.45) is 0 Å². The van der Waals surface area contributed by atoms with Crippen molar-refractivity contribution in [1.82, 2.24) is 29.5 Å². The Hall–Kier alpha value is -4.68. The highest BCUT2D eigenvalue weighted by Crippen LogP contribution is 2.30. The lowest BCUT2D eigenvalue weighted by Gasteiger charge is -2.34. The van der Waals surface area contributed by atoms with Gasteiger partial charge in [-0.2, -0.15) is 0 Å². The first-order chi connectivity index (χ1) is 22.7.